The quantitative estimate of drug-likeness (QED) is 0.550. The molecule has 0 spiro atoms. The number of nitroso groups, excluding NO2 is 1. The molecule has 0 aliphatic heterocycles. The van der Waals surface area contributed by atoms with Crippen LogP contribution in [0.1, 0.15) is 28.8 Å². The summed E-state index contributed by atoms with van der Waals surface area (Å²) in [5.74, 6) is -0.156. The van der Waals surface area contributed by atoms with E-state index in [9.17, 15) is 9.70 Å². The van der Waals surface area contributed by atoms with E-state index >= 15 is 0 Å². The monoisotopic (exact) mass is 209 g/mol. The summed E-state index contributed by atoms with van der Waals surface area (Å²) in [7, 11) is 0. The molecule has 1 aromatic heterocycles. The number of hydrogen-bond acceptors (Lipinski definition) is 6. The second-order valence-corrected chi connectivity index (χ2v) is 2.79. The molecule has 0 fully saturated rings. The molecule has 0 amide bonds. The fraction of sp³-hybridized carbons (Fsp3) is 0.444. The average molecular weight is 209 g/mol. The van der Waals surface area contributed by atoms with E-state index in [1.54, 1.807) is 13.8 Å². The van der Waals surface area contributed by atoms with E-state index in [2.05, 4.69) is 15.1 Å². The lowest BCUT2D eigenvalue weighted by Crippen LogP contribution is -2.10. The largest absolute Gasteiger partial charge is 0.462 e. The van der Waals surface area contributed by atoms with E-state index in [0.717, 1.165) is 0 Å². The molecule has 0 radical (unpaired) electrons. The standard InChI is InChI=1S/C9H11N3O3/c1-3-15-9(13)7-4-10-8(5-11-14)12-6(7)2/h4H,3,5H2,1-2H3. The summed E-state index contributed by atoms with van der Waals surface area (Å²) in [6.45, 7) is 3.58. The molecule has 0 saturated carbocycles. The third kappa shape index (κ3) is 2.80. The molecule has 1 aromatic rings. The third-order valence-corrected chi connectivity index (χ3v) is 1.73. The van der Waals surface area contributed by atoms with E-state index in [-0.39, 0.29) is 6.54 Å². The van der Waals surface area contributed by atoms with Crippen molar-refractivity contribution in [3.05, 3.63) is 28.2 Å². The van der Waals surface area contributed by atoms with Crippen molar-refractivity contribution in [2.24, 2.45) is 5.18 Å². The van der Waals surface area contributed by atoms with Crippen LogP contribution in [0.5, 0.6) is 0 Å². The summed E-state index contributed by atoms with van der Waals surface area (Å²) < 4.78 is 4.80. The van der Waals surface area contributed by atoms with Gasteiger partial charge in [-0.3, -0.25) is 0 Å². The zero-order valence-electron chi connectivity index (χ0n) is 8.56. The van der Waals surface area contributed by atoms with Gasteiger partial charge in [0, 0.05) is 6.20 Å². The number of hydrogen-bond donors (Lipinski definition) is 0. The van der Waals surface area contributed by atoms with E-state index in [4.69, 9.17) is 4.74 Å². The van der Waals surface area contributed by atoms with E-state index < -0.39 is 5.97 Å². The van der Waals surface area contributed by atoms with Crippen LogP contribution in [-0.4, -0.2) is 22.5 Å². The summed E-state index contributed by atoms with van der Waals surface area (Å²) in [6, 6.07) is 0. The highest BCUT2D eigenvalue weighted by Crippen LogP contribution is 2.06. The summed E-state index contributed by atoms with van der Waals surface area (Å²) in [4.78, 5) is 29.1. The molecule has 1 rings (SSSR count). The topological polar surface area (TPSA) is 81.5 Å². The minimum Gasteiger partial charge on any atom is -0.462 e. The summed E-state index contributed by atoms with van der Waals surface area (Å²) in [6.07, 6.45) is 1.35. The van der Waals surface area contributed by atoms with Crippen molar-refractivity contribution >= 4 is 5.97 Å². The normalized spacial score (nSPS) is 9.73. The second-order valence-electron chi connectivity index (χ2n) is 2.79. The Morgan fingerprint density at radius 3 is 2.87 bits per heavy atom. The van der Waals surface area contributed by atoms with Crippen LogP contribution >= 0.6 is 0 Å². The molecular formula is C9H11N3O3. The molecular weight excluding hydrogens is 198 g/mol. The molecule has 0 N–H and O–H groups in total. The summed E-state index contributed by atoms with van der Waals surface area (Å²) in [5, 5.41) is 2.67. The van der Waals surface area contributed by atoms with Crippen LogP contribution in [0.3, 0.4) is 0 Å². The van der Waals surface area contributed by atoms with Crippen molar-refractivity contribution in [3.63, 3.8) is 0 Å². The number of ether oxygens (including phenoxy) is 1. The Labute approximate surface area is 86.7 Å². The van der Waals surface area contributed by atoms with Gasteiger partial charge in [0.1, 0.15) is 6.54 Å². The van der Waals surface area contributed by atoms with Crippen LogP contribution in [0, 0.1) is 11.8 Å². The molecule has 0 bridgehead atoms. The number of carbonyl (C=O) groups excluding carboxylic acids is 1. The lowest BCUT2D eigenvalue weighted by atomic mass is 10.2. The number of esters is 1. The van der Waals surface area contributed by atoms with E-state index in [1.165, 1.54) is 6.20 Å². The molecule has 0 unspecified atom stereocenters. The average Bonchev–Trinajstić information content (AvgIpc) is 2.18. The number of aromatic nitrogens is 2. The SMILES string of the molecule is CCOC(=O)c1cnc(CN=O)nc1C. The maximum Gasteiger partial charge on any atom is 0.341 e. The molecule has 0 saturated heterocycles. The highest BCUT2D eigenvalue weighted by atomic mass is 16.5. The molecule has 0 atom stereocenters. The predicted molar refractivity (Wildman–Crippen MR) is 52.2 cm³/mol. The van der Waals surface area contributed by atoms with Gasteiger partial charge in [0.15, 0.2) is 5.82 Å². The molecule has 0 aliphatic rings. The Kier molecular flexibility index (Phi) is 3.84. The zero-order valence-corrected chi connectivity index (χ0v) is 8.56. The van der Waals surface area contributed by atoms with Gasteiger partial charge < -0.3 is 4.74 Å². The highest BCUT2D eigenvalue weighted by molar-refractivity contribution is 5.90. The van der Waals surface area contributed by atoms with Gasteiger partial charge in [-0.1, -0.05) is 5.18 Å². The Morgan fingerprint density at radius 1 is 1.60 bits per heavy atom. The molecule has 0 aromatic carbocycles. The Bertz CT molecular complexity index is 379. The minimum atomic E-state index is -0.458. The van der Waals surface area contributed by atoms with Crippen molar-refractivity contribution < 1.29 is 9.53 Å². The van der Waals surface area contributed by atoms with Gasteiger partial charge in [-0.2, -0.15) is 4.91 Å². The first kappa shape index (κ1) is 11.2. The first-order valence-corrected chi connectivity index (χ1v) is 4.47. The van der Waals surface area contributed by atoms with Gasteiger partial charge in [0.25, 0.3) is 0 Å². The fourth-order valence-electron chi connectivity index (χ4n) is 1.06. The summed E-state index contributed by atoms with van der Waals surface area (Å²) in [5.41, 5.74) is 0.800. The Balaban J connectivity index is 2.92. The lowest BCUT2D eigenvalue weighted by molar-refractivity contribution is 0.0524. The maximum absolute atomic E-state index is 11.3. The van der Waals surface area contributed by atoms with Crippen LogP contribution in [-0.2, 0) is 11.3 Å². The second kappa shape index (κ2) is 5.14. The number of aryl methyl sites for hydroxylation is 1. The molecule has 1 heterocycles. The summed E-state index contributed by atoms with van der Waals surface area (Å²) >= 11 is 0. The van der Waals surface area contributed by atoms with E-state index in [1.807, 2.05) is 0 Å². The molecule has 6 heteroatoms. The first-order valence-electron chi connectivity index (χ1n) is 4.47. The van der Waals surface area contributed by atoms with Gasteiger partial charge in [-0.25, -0.2) is 14.8 Å². The first-order chi connectivity index (χ1) is 7.19. The molecule has 0 aliphatic carbocycles. The van der Waals surface area contributed by atoms with Crippen molar-refractivity contribution in [1.29, 1.82) is 0 Å². The van der Waals surface area contributed by atoms with Crippen LogP contribution in [0.2, 0.25) is 0 Å². The van der Waals surface area contributed by atoms with Crippen LogP contribution in [0.15, 0.2) is 11.4 Å². The van der Waals surface area contributed by atoms with Gasteiger partial charge in [0.05, 0.1) is 17.9 Å². The Morgan fingerprint density at radius 2 is 2.33 bits per heavy atom. The predicted octanol–water partition coefficient (Wildman–Crippen LogP) is 1.23. The van der Waals surface area contributed by atoms with Gasteiger partial charge in [-0.05, 0) is 13.8 Å². The fourth-order valence-corrected chi connectivity index (χ4v) is 1.06. The van der Waals surface area contributed by atoms with Gasteiger partial charge in [0.2, 0.25) is 0 Å². The Hall–Kier alpha value is -1.85. The van der Waals surface area contributed by atoms with Gasteiger partial charge >= 0.3 is 5.97 Å². The molecule has 6 nitrogen and oxygen atoms in total. The van der Waals surface area contributed by atoms with Crippen LogP contribution in [0.4, 0.5) is 0 Å². The third-order valence-electron chi connectivity index (χ3n) is 1.73. The van der Waals surface area contributed by atoms with Crippen molar-refractivity contribution in [2.45, 2.75) is 20.4 Å². The molecule has 80 valence electrons. The maximum atomic E-state index is 11.3. The number of rotatable bonds is 4. The van der Waals surface area contributed by atoms with Crippen molar-refractivity contribution in [1.82, 2.24) is 9.97 Å². The van der Waals surface area contributed by atoms with Crippen molar-refractivity contribution in [2.75, 3.05) is 6.61 Å². The van der Waals surface area contributed by atoms with Gasteiger partial charge in [-0.15, -0.1) is 0 Å². The molecule has 15 heavy (non-hydrogen) atoms. The van der Waals surface area contributed by atoms with Crippen LogP contribution in [0.25, 0.3) is 0 Å². The minimum absolute atomic E-state index is 0.0933. The highest BCUT2D eigenvalue weighted by Gasteiger charge is 2.12. The number of nitrogens with zero attached hydrogens (tertiary/aromatic N) is 3. The lowest BCUT2D eigenvalue weighted by Gasteiger charge is -2.04. The van der Waals surface area contributed by atoms with Crippen molar-refractivity contribution in [3.8, 4) is 0 Å². The number of carbonyl (C=O) groups is 1. The smallest absolute Gasteiger partial charge is 0.341 e. The van der Waals surface area contributed by atoms with Crippen LogP contribution < -0.4 is 0 Å². The van der Waals surface area contributed by atoms with E-state index in [0.29, 0.717) is 23.7 Å². The zero-order chi connectivity index (χ0) is 11.3.